The minimum atomic E-state index is -0.586. The molecule has 0 bridgehead atoms. The summed E-state index contributed by atoms with van der Waals surface area (Å²) in [6.45, 7) is 0. The molecule has 18 heavy (non-hydrogen) atoms. The minimum Gasteiger partial charge on any atom is -0.354 e. The van der Waals surface area contributed by atoms with Crippen LogP contribution in [-0.4, -0.2) is 0 Å². The van der Waals surface area contributed by atoms with Gasteiger partial charge in [0.05, 0.1) is 16.8 Å². The first kappa shape index (κ1) is 11.6. The lowest BCUT2D eigenvalue weighted by molar-refractivity contribution is 0.624. The van der Waals surface area contributed by atoms with Crippen LogP contribution in [0.5, 0.6) is 0 Å². The number of nitrogens with one attached hydrogen (secondary N) is 1. The molecule has 0 spiro atoms. The van der Waals surface area contributed by atoms with Crippen LogP contribution in [-0.2, 0) is 0 Å². The highest BCUT2D eigenvalue weighted by molar-refractivity contribution is 5.66. The van der Waals surface area contributed by atoms with Crippen molar-refractivity contribution in [3.63, 3.8) is 0 Å². The lowest BCUT2D eigenvalue weighted by atomic mass is 10.1. The zero-order chi connectivity index (χ0) is 13.0. The van der Waals surface area contributed by atoms with E-state index in [-0.39, 0.29) is 5.56 Å². The van der Waals surface area contributed by atoms with E-state index in [0.717, 1.165) is 0 Å². The van der Waals surface area contributed by atoms with E-state index in [0.29, 0.717) is 16.9 Å². The first-order valence-corrected chi connectivity index (χ1v) is 5.20. The minimum absolute atomic E-state index is 0.00545. The summed E-state index contributed by atoms with van der Waals surface area (Å²) < 4.78 is 13.4. The zero-order valence-electron chi connectivity index (χ0n) is 9.31. The summed E-state index contributed by atoms with van der Waals surface area (Å²) in [4.78, 5) is 0. The van der Waals surface area contributed by atoms with Crippen molar-refractivity contribution in [2.75, 3.05) is 5.32 Å². The SMILES string of the molecule is N#Cc1ccc(Nc2ccccc2C#N)cc1F. The normalized spacial score (nSPS) is 9.28. The Bertz CT molecular complexity index is 665. The fraction of sp³-hybridized carbons (Fsp3) is 0. The summed E-state index contributed by atoms with van der Waals surface area (Å²) in [6, 6.07) is 14.9. The van der Waals surface area contributed by atoms with Crippen LogP contribution in [0.2, 0.25) is 0 Å². The van der Waals surface area contributed by atoms with E-state index < -0.39 is 5.82 Å². The third-order valence-corrected chi connectivity index (χ3v) is 2.42. The first-order chi connectivity index (χ1) is 8.74. The van der Waals surface area contributed by atoms with Crippen molar-refractivity contribution in [1.82, 2.24) is 0 Å². The van der Waals surface area contributed by atoms with Crippen LogP contribution in [0.25, 0.3) is 0 Å². The number of nitriles is 2. The monoisotopic (exact) mass is 237 g/mol. The van der Waals surface area contributed by atoms with Gasteiger partial charge in [-0.1, -0.05) is 12.1 Å². The Labute approximate surface area is 104 Å². The zero-order valence-corrected chi connectivity index (χ0v) is 9.31. The van der Waals surface area contributed by atoms with Crippen molar-refractivity contribution in [2.45, 2.75) is 0 Å². The lowest BCUT2D eigenvalue weighted by Gasteiger charge is -2.08. The summed E-state index contributed by atoms with van der Waals surface area (Å²) in [5, 5.41) is 20.5. The number of hydrogen-bond donors (Lipinski definition) is 1. The van der Waals surface area contributed by atoms with Gasteiger partial charge in [-0.2, -0.15) is 10.5 Å². The Balaban J connectivity index is 2.33. The number of rotatable bonds is 2. The first-order valence-electron chi connectivity index (χ1n) is 5.20. The maximum Gasteiger partial charge on any atom is 0.143 e. The topological polar surface area (TPSA) is 59.6 Å². The number of halogens is 1. The van der Waals surface area contributed by atoms with Crippen LogP contribution < -0.4 is 5.32 Å². The predicted octanol–water partition coefficient (Wildman–Crippen LogP) is 3.31. The number of anilines is 2. The number of hydrogen-bond acceptors (Lipinski definition) is 3. The molecule has 0 aromatic heterocycles. The van der Waals surface area contributed by atoms with Crippen molar-refractivity contribution in [1.29, 1.82) is 10.5 Å². The van der Waals surface area contributed by atoms with E-state index in [4.69, 9.17) is 10.5 Å². The summed E-state index contributed by atoms with van der Waals surface area (Å²) in [6.07, 6.45) is 0. The Morgan fingerprint density at radius 1 is 0.944 bits per heavy atom. The fourth-order valence-electron chi connectivity index (χ4n) is 1.53. The highest BCUT2D eigenvalue weighted by Gasteiger charge is 2.05. The fourth-order valence-corrected chi connectivity index (χ4v) is 1.53. The van der Waals surface area contributed by atoms with Crippen LogP contribution in [0.15, 0.2) is 42.5 Å². The van der Waals surface area contributed by atoms with E-state index in [1.807, 2.05) is 6.07 Å². The molecule has 0 saturated carbocycles. The van der Waals surface area contributed by atoms with Gasteiger partial charge in [-0.25, -0.2) is 4.39 Å². The molecule has 0 fully saturated rings. The molecule has 0 heterocycles. The van der Waals surface area contributed by atoms with Crippen LogP contribution in [0.4, 0.5) is 15.8 Å². The molecule has 2 rings (SSSR count). The summed E-state index contributed by atoms with van der Waals surface area (Å²) in [7, 11) is 0. The molecule has 4 heteroatoms. The van der Waals surface area contributed by atoms with Gasteiger partial charge in [0.2, 0.25) is 0 Å². The molecule has 0 amide bonds. The van der Waals surface area contributed by atoms with Gasteiger partial charge in [0.25, 0.3) is 0 Å². The Morgan fingerprint density at radius 2 is 1.67 bits per heavy atom. The van der Waals surface area contributed by atoms with Crippen LogP contribution in [0.3, 0.4) is 0 Å². The lowest BCUT2D eigenvalue weighted by Crippen LogP contribution is -1.95. The molecule has 0 radical (unpaired) electrons. The smallest absolute Gasteiger partial charge is 0.143 e. The van der Waals surface area contributed by atoms with E-state index in [1.165, 1.54) is 12.1 Å². The molecule has 0 aliphatic rings. The highest BCUT2D eigenvalue weighted by Crippen LogP contribution is 2.21. The molecule has 2 aromatic carbocycles. The quantitative estimate of drug-likeness (QED) is 0.871. The molecule has 0 unspecified atom stereocenters. The summed E-state index contributed by atoms with van der Waals surface area (Å²) in [5.74, 6) is -0.586. The molecular formula is C14H8FN3. The highest BCUT2D eigenvalue weighted by atomic mass is 19.1. The predicted molar refractivity (Wildman–Crippen MR) is 65.6 cm³/mol. The number of nitrogens with zero attached hydrogens (tertiary/aromatic N) is 2. The standard InChI is InChI=1S/C14H8FN3/c15-13-7-12(6-5-10(13)8-16)18-14-4-2-1-3-11(14)9-17/h1-7,18H. The van der Waals surface area contributed by atoms with Crippen molar-refractivity contribution < 1.29 is 4.39 Å². The molecule has 0 aliphatic heterocycles. The number of benzene rings is 2. The Kier molecular flexibility index (Phi) is 3.22. The molecule has 0 aliphatic carbocycles. The van der Waals surface area contributed by atoms with Gasteiger partial charge in [0.15, 0.2) is 0 Å². The third kappa shape index (κ3) is 2.28. The molecule has 86 valence electrons. The van der Waals surface area contributed by atoms with Gasteiger partial charge in [-0.15, -0.1) is 0 Å². The van der Waals surface area contributed by atoms with Crippen molar-refractivity contribution in [2.24, 2.45) is 0 Å². The van der Waals surface area contributed by atoms with Gasteiger partial charge < -0.3 is 5.32 Å². The van der Waals surface area contributed by atoms with Crippen molar-refractivity contribution in [3.05, 3.63) is 59.4 Å². The van der Waals surface area contributed by atoms with Gasteiger partial charge in [0, 0.05) is 5.69 Å². The van der Waals surface area contributed by atoms with Crippen molar-refractivity contribution in [3.8, 4) is 12.1 Å². The van der Waals surface area contributed by atoms with E-state index >= 15 is 0 Å². The van der Waals surface area contributed by atoms with Gasteiger partial charge in [-0.3, -0.25) is 0 Å². The van der Waals surface area contributed by atoms with Gasteiger partial charge in [0.1, 0.15) is 18.0 Å². The van der Waals surface area contributed by atoms with Crippen LogP contribution in [0, 0.1) is 28.5 Å². The molecule has 1 N–H and O–H groups in total. The van der Waals surface area contributed by atoms with Crippen LogP contribution >= 0.6 is 0 Å². The number of para-hydroxylation sites is 1. The van der Waals surface area contributed by atoms with Gasteiger partial charge in [-0.05, 0) is 30.3 Å². The molecular weight excluding hydrogens is 229 g/mol. The Hall–Kier alpha value is -2.85. The average Bonchev–Trinajstić information content (AvgIpc) is 2.39. The molecule has 0 atom stereocenters. The second-order valence-electron chi connectivity index (χ2n) is 3.59. The van der Waals surface area contributed by atoms with Gasteiger partial charge >= 0.3 is 0 Å². The summed E-state index contributed by atoms with van der Waals surface area (Å²) >= 11 is 0. The summed E-state index contributed by atoms with van der Waals surface area (Å²) in [5.41, 5.74) is 1.56. The van der Waals surface area contributed by atoms with E-state index in [9.17, 15) is 4.39 Å². The van der Waals surface area contributed by atoms with Crippen LogP contribution in [0.1, 0.15) is 11.1 Å². The molecule has 3 nitrogen and oxygen atoms in total. The maximum atomic E-state index is 13.4. The molecule has 2 aromatic rings. The largest absolute Gasteiger partial charge is 0.354 e. The average molecular weight is 237 g/mol. The second-order valence-corrected chi connectivity index (χ2v) is 3.59. The third-order valence-electron chi connectivity index (χ3n) is 2.42. The second kappa shape index (κ2) is 4.99. The van der Waals surface area contributed by atoms with Crippen molar-refractivity contribution >= 4 is 11.4 Å². The van der Waals surface area contributed by atoms with E-state index in [1.54, 1.807) is 36.4 Å². The molecule has 0 saturated heterocycles. The van der Waals surface area contributed by atoms with E-state index in [2.05, 4.69) is 5.32 Å². The maximum absolute atomic E-state index is 13.4. The Morgan fingerprint density at radius 3 is 2.33 bits per heavy atom.